The van der Waals surface area contributed by atoms with E-state index in [2.05, 4.69) is 4.98 Å². The number of aromatic nitrogens is 2. The van der Waals surface area contributed by atoms with Crippen LogP contribution in [0.2, 0.25) is 0 Å². The molecule has 1 aliphatic rings. The lowest BCUT2D eigenvalue weighted by atomic mass is 10.1. The van der Waals surface area contributed by atoms with Gasteiger partial charge in [-0.2, -0.15) is 0 Å². The van der Waals surface area contributed by atoms with Crippen molar-refractivity contribution in [1.82, 2.24) is 14.5 Å². The molecular weight excluding hydrogens is 429 g/mol. The average molecular weight is 447 g/mol. The lowest BCUT2D eigenvalue weighted by Crippen LogP contribution is -2.31. The summed E-state index contributed by atoms with van der Waals surface area (Å²) in [5, 5.41) is 2.38. The van der Waals surface area contributed by atoms with Crippen LogP contribution in [0.4, 0.5) is 4.39 Å². The number of rotatable bonds is 6. The van der Waals surface area contributed by atoms with Crippen molar-refractivity contribution in [3.63, 3.8) is 0 Å². The van der Waals surface area contributed by atoms with Gasteiger partial charge in [0, 0.05) is 24.0 Å². The number of aryl methyl sites for hydroxylation is 1. The van der Waals surface area contributed by atoms with E-state index in [0.717, 1.165) is 11.1 Å². The molecular formula is C24H18FN3O3S. The predicted molar refractivity (Wildman–Crippen MR) is 120 cm³/mol. The predicted octanol–water partition coefficient (Wildman–Crippen LogP) is 4.34. The van der Waals surface area contributed by atoms with Crippen LogP contribution in [0.15, 0.2) is 65.0 Å². The second-order valence-electron chi connectivity index (χ2n) is 7.59. The summed E-state index contributed by atoms with van der Waals surface area (Å²) in [5.41, 5.74) is 2.22. The van der Waals surface area contributed by atoms with Crippen LogP contribution in [0, 0.1) is 5.82 Å². The van der Waals surface area contributed by atoms with Gasteiger partial charge in [-0.05, 0) is 42.7 Å². The summed E-state index contributed by atoms with van der Waals surface area (Å²) in [5.74, 6) is -0.872. The van der Waals surface area contributed by atoms with Crippen LogP contribution >= 0.6 is 11.3 Å². The van der Waals surface area contributed by atoms with Crippen molar-refractivity contribution < 1.29 is 14.0 Å². The van der Waals surface area contributed by atoms with Gasteiger partial charge in [0.2, 0.25) is 0 Å². The molecule has 0 saturated carbocycles. The van der Waals surface area contributed by atoms with E-state index in [9.17, 15) is 18.8 Å². The lowest BCUT2D eigenvalue weighted by Gasteiger charge is -2.13. The van der Waals surface area contributed by atoms with Crippen molar-refractivity contribution in [2.24, 2.45) is 0 Å². The number of halogens is 1. The Hall–Kier alpha value is -3.65. The second-order valence-corrected chi connectivity index (χ2v) is 8.45. The van der Waals surface area contributed by atoms with Gasteiger partial charge < -0.3 is 0 Å². The molecule has 0 fully saturated rings. The first-order chi connectivity index (χ1) is 15.5. The fourth-order valence-electron chi connectivity index (χ4n) is 3.96. The highest BCUT2D eigenvalue weighted by Gasteiger charge is 2.34. The summed E-state index contributed by atoms with van der Waals surface area (Å²) in [6, 6.07) is 12.8. The van der Waals surface area contributed by atoms with E-state index >= 15 is 0 Å². The van der Waals surface area contributed by atoms with E-state index in [1.54, 1.807) is 41.0 Å². The zero-order valence-electron chi connectivity index (χ0n) is 17.0. The molecule has 6 nitrogen and oxygen atoms in total. The molecule has 32 heavy (non-hydrogen) atoms. The molecule has 2 amide bonds. The molecule has 3 heterocycles. The molecule has 0 unspecified atom stereocenters. The zero-order chi connectivity index (χ0) is 22.2. The Morgan fingerprint density at radius 3 is 2.19 bits per heavy atom. The molecule has 0 spiro atoms. The van der Waals surface area contributed by atoms with Crippen LogP contribution in [0.1, 0.15) is 33.6 Å². The second kappa shape index (κ2) is 8.12. The number of imide groups is 1. The topological polar surface area (TPSA) is 72.3 Å². The molecule has 0 N–H and O–H groups in total. The van der Waals surface area contributed by atoms with Crippen LogP contribution in [0.3, 0.4) is 0 Å². The number of carbonyl (C=O) groups excluding carboxylic acids is 2. The van der Waals surface area contributed by atoms with Crippen molar-refractivity contribution in [3.8, 4) is 11.1 Å². The van der Waals surface area contributed by atoms with Gasteiger partial charge in [0.25, 0.3) is 17.4 Å². The number of amides is 2. The van der Waals surface area contributed by atoms with Gasteiger partial charge in [0.1, 0.15) is 10.6 Å². The Bertz CT molecular complexity index is 1370. The first-order valence-electron chi connectivity index (χ1n) is 10.2. The minimum absolute atomic E-state index is 0.156. The van der Waals surface area contributed by atoms with Crippen molar-refractivity contribution in [2.45, 2.75) is 19.4 Å². The number of hydrogen-bond acceptors (Lipinski definition) is 5. The maximum absolute atomic E-state index is 13.3. The molecule has 0 aliphatic carbocycles. The van der Waals surface area contributed by atoms with Crippen molar-refractivity contribution in [1.29, 1.82) is 0 Å². The standard InChI is InChI=1S/C24H18FN3O3S/c25-16-9-7-15(8-10-16)19-13-32-21-20(19)24(31)27(14-26-21)11-3-4-12-28-22(29)17-5-1-2-6-18(17)23(28)30/h1-2,5-10,13-14H,3-4,11-12H2. The molecule has 8 heteroatoms. The molecule has 2 aromatic carbocycles. The summed E-state index contributed by atoms with van der Waals surface area (Å²) >= 11 is 1.38. The van der Waals surface area contributed by atoms with Gasteiger partial charge in [-0.15, -0.1) is 11.3 Å². The summed E-state index contributed by atoms with van der Waals surface area (Å²) in [4.78, 5) is 44.3. The van der Waals surface area contributed by atoms with Crippen LogP contribution in [0.25, 0.3) is 21.3 Å². The highest BCUT2D eigenvalue weighted by atomic mass is 32.1. The van der Waals surface area contributed by atoms with E-state index in [1.165, 1.54) is 34.7 Å². The SMILES string of the molecule is O=C1c2ccccc2C(=O)N1CCCCn1cnc2scc(-c3ccc(F)cc3)c2c1=O. The molecule has 2 aromatic heterocycles. The molecule has 0 saturated heterocycles. The average Bonchev–Trinajstić information content (AvgIpc) is 3.34. The van der Waals surface area contributed by atoms with Gasteiger partial charge in [-0.1, -0.05) is 24.3 Å². The Labute approximate surface area is 186 Å². The minimum Gasteiger partial charge on any atom is -0.299 e. The Morgan fingerprint density at radius 2 is 1.50 bits per heavy atom. The smallest absolute Gasteiger partial charge is 0.262 e. The van der Waals surface area contributed by atoms with Crippen LogP contribution in [0.5, 0.6) is 0 Å². The molecule has 4 aromatic rings. The third kappa shape index (κ3) is 3.42. The Morgan fingerprint density at radius 1 is 0.844 bits per heavy atom. The third-order valence-corrected chi connectivity index (χ3v) is 6.51. The summed E-state index contributed by atoms with van der Waals surface area (Å²) in [6.07, 6.45) is 2.71. The molecule has 0 atom stereocenters. The first-order valence-corrected chi connectivity index (χ1v) is 11.1. The van der Waals surface area contributed by atoms with Gasteiger partial charge in [-0.3, -0.25) is 23.9 Å². The molecule has 0 bridgehead atoms. The van der Waals surface area contributed by atoms with Gasteiger partial charge in [-0.25, -0.2) is 9.37 Å². The number of benzene rings is 2. The van der Waals surface area contributed by atoms with E-state index in [4.69, 9.17) is 0 Å². The van der Waals surface area contributed by atoms with Crippen molar-refractivity contribution in [2.75, 3.05) is 6.54 Å². The highest BCUT2D eigenvalue weighted by Crippen LogP contribution is 2.30. The fourth-order valence-corrected chi connectivity index (χ4v) is 4.87. The van der Waals surface area contributed by atoms with E-state index in [1.807, 2.05) is 5.38 Å². The van der Waals surface area contributed by atoms with E-state index in [-0.39, 0.29) is 23.2 Å². The molecule has 160 valence electrons. The van der Waals surface area contributed by atoms with Gasteiger partial charge >= 0.3 is 0 Å². The number of carbonyl (C=O) groups is 2. The fraction of sp³-hybridized carbons (Fsp3) is 0.167. The third-order valence-electron chi connectivity index (χ3n) is 5.62. The Kier molecular flexibility index (Phi) is 5.14. The summed E-state index contributed by atoms with van der Waals surface area (Å²) < 4.78 is 14.8. The van der Waals surface area contributed by atoms with E-state index < -0.39 is 0 Å². The van der Waals surface area contributed by atoms with Crippen LogP contribution in [-0.2, 0) is 6.54 Å². The van der Waals surface area contributed by atoms with Crippen molar-refractivity contribution in [3.05, 3.63) is 87.5 Å². The van der Waals surface area contributed by atoms with Crippen LogP contribution in [-0.4, -0.2) is 32.8 Å². The van der Waals surface area contributed by atoms with Crippen LogP contribution < -0.4 is 5.56 Å². The largest absolute Gasteiger partial charge is 0.299 e. The Balaban J connectivity index is 1.29. The molecule has 0 radical (unpaired) electrons. The lowest BCUT2D eigenvalue weighted by molar-refractivity contribution is 0.0651. The monoisotopic (exact) mass is 447 g/mol. The maximum Gasteiger partial charge on any atom is 0.262 e. The quantitative estimate of drug-likeness (QED) is 0.326. The van der Waals surface area contributed by atoms with Gasteiger partial charge in [0.15, 0.2) is 0 Å². The zero-order valence-corrected chi connectivity index (χ0v) is 17.8. The number of nitrogens with zero attached hydrogens (tertiary/aromatic N) is 3. The number of unbranched alkanes of at least 4 members (excludes halogenated alkanes) is 1. The normalized spacial score (nSPS) is 13.2. The highest BCUT2D eigenvalue weighted by molar-refractivity contribution is 7.17. The molecule has 5 rings (SSSR count). The number of thiophene rings is 1. The summed E-state index contributed by atoms with van der Waals surface area (Å²) in [7, 11) is 0. The van der Waals surface area contributed by atoms with Gasteiger partial charge in [0.05, 0.1) is 22.8 Å². The van der Waals surface area contributed by atoms with E-state index in [0.29, 0.717) is 47.3 Å². The first kappa shape index (κ1) is 20.3. The molecule has 1 aliphatic heterocycles. The minimum atomic E-state index is -0.332. The number of fused-ring (bicyclic) bond motifs is 2. The van der Waals surface area contributed by atoms with Crippen molar-refractivity contribution >= 4 is 33.4 Å². The summed E-state index contributed by atoms with van der Waals surface area (Å²) in [6.45, 7) is 0.722. The number of hydrogen-bond donors (Lipinski definition) is 0. The maximum atomic E-state index is 13.3.